The van der Waals surface area contributed by atoms with Crippen molar-refractivity contribution in [3.8, 4) is 0 Å². The molecule has 0 aliphatic carbocycles. The molecule has 0 unspecified atom stereocenters. The zero-order chi connectivity index (χ0) is 13.2. The minimum absolute atomic E-state index is 0.0225. The number of carbonyl (C=O) groups is 1. The van der Waals surface area contributed by atoms with Crippen molar-refractivity contribution in [2.45, 2.75) is 9.79 Å². The molecule has 0 aliphatic rings. The van der Waals surface area contributed by atoms with Gasteiger partial charge in [-0.25, -0.2) is 12.8 Å². The molecular weight excluding hydrogens is 257 g/mol. The Morgan fingerprint density at radius 2 is 1.78 bits per heavy atom. The van der Waals surface area contributed by atoms with Crippen LogP contribution in [-0.4, -0.2) is 19.7 Å². The van der Waals surface area contributed by atoms with Crippen LogP contribution in [0.2, 0.25) is 0 Å². The van der Waals surface area contributed by atoms with Crippen molar-refractivity contribution in [3.63, 3.8) is 0 Å². The number of hydrogen-bond acceptors (Lipinski definition) is 4. The Hall–Kier alpha value is -2.08. The van der Waals surface area contributed by atoms with E-state index >= 15 is 0 Å². The number of hydrogen-bond donors (Lipinski definition) is 0. The van der Waals surface area contributed by atoms with Crippen molar-refractivity contribution in [1.29, 1.82) is 0 Å². The molecule has 0 radical (unpaired) electrons. The zero-order valence-electron chi connectivity index (χ0n) is 9.08. The fourth-order valence-electron chi connectivity index (χ4n) is 1.45. The Labute approximate surface area is 103 Å². The Bertz CT molecular complexity index is 681. The van der Waals surface area contributed by atoms with Crippen LogP contribution in [0, 0.1) is 5.82 Å². The number of sulfone groups is 1. The highest BCUT2D eigenvalue weighted by Gasteiger charge is 2.21. The van der Waals surface area contributed by atoms with Gasteiger partial charge in [-0.2, -0.15) is 0 Å². The second-order valence-electron chi connectivity index (χ2n) is 3.49. The number of aromatic nitrogens is 1. The lowest BCUT2D eigenvalue weighted by Crippen LogP contribution is -2.06. The van der Waals surface area contributed by atoms with Gasteiger partial charge in [-0.1, -0.05) is 0 Å². The van der Waals surface area contributed by atoms with Crippen LogP contribution in [0.25, 0.3) is 0 Å². The molecule has 4 nitrogen and oxygen atoms in total. The van der Waals surface area contributed by atoms with Gasteiger partial charge in [-0.15, -0.1) is 0 Å². The summed E-state index contributed by atoms with van der Waals surface area (Å²) in [5, 5.41) is 0. The van der Waals surface area contributed by atoms with E-state index < -0.39 is 15.7 Å². The van der Waals surface area contributed by atoms with Gasteiger partial charge in [0.15, 0.2) is 6.29 Å². The van der Waals surface area contributed by atoms with Crippen molar-refractivity contribution in [2.24, 2.45) is 0 Å². The number of pyridine rings is 1. The molecule has 0 N–H and O–H groups in total. The molecule has 0 amide bonds. The summed E-state index contributed by atoms with van der Waals surface area (Å²) < 4.78 is 37.2. The third-order valence-electron chi connectivity index (χ3n) is 2.36. The van der Waals surface area contributed by atoms with Crippen LogP contribution in [0.1, 0.15) is 10.4 Å². The van der Waals surface area contributed by atoms with Crippen LogP contribution < -0.4 is 0 Å². The molecule has 92 valence electrons. The average molecular weight is 265 g/mol. The van der Waals surface area contributed by atoms with Crippen molar-refractivity contribution >= 4 is 16.1 Å². The number of rotatable bonds is 3. The normalized spacial score (nSPS) is 11.2. The van der Waals surface area contributed by atoms with Crippen molar-refractivity contribution in [3.05, 3.63) is 54.1 Å². The Balaban J connectivity index is 2.61. The summed E-state index contributed by atoms with van der Waals surface area (Å²) >= 11 is 0. The quantitative estimate of drug-likeness (QED) is 0.627. The predicted octanol–water partition coefficient (Wildman–Crippen LogP) is 1.87. The lowest BCUT2D eigenvalue weighted by atomic mass is 10.3. The first kappa shape index (κ1) is 12.4. The molecule has 6 heteroatoms. The monoisotopic (exact) mass is 265 g/mol. The summed E-state index contributed by atoms with van der Waals surface area (Å²) in [5.74, 6) is -0.532. The number of halogens is 1. The van der Waals surface area contributed by atoms with Crippen LogP contribution in [-0.2, 0) is 9.84 Å². The zero-order valence-corrected chi connectivity index (χ0v) is 9.89. The van der Waals surface area contributed by atoms with Gasteiger partial charge in [-0.3, -0.25) is 9.78 Å². The molecular formula is C12H8FNO3S. The second-order valence-corrected chi connectivity index (χ2v) is 5.41. The van der Waals surface area contributed by atoms with E-state index in [1.165, 1.54) is 12.3 Å². The van der Waals surface area contributed by atoms with Gasteiger partial charge in [0.2, 0.25) is 9.84 Å². The molecule has 0 saturated carbocycles. The minimum atomic E-state index is -3.86. The molecule has 0 bridgehead atoms. The van der Waals surface area contributed by atoms with Crippen molar-refractivity contribution in [2.75, 3.05) is 0 Å². The van der Waals surface area contributed by atoms with Crippen LogP contribution in [0.15, 0.2) is 52.5 Å². The first-order valence-electron chi connectivity index (χ1n) is 4.95. The molecule has 2 rings (SSSR count). The fraction of sp³-hybridized carbons (Fsp3) is 0. The maximum absolute atomic E-state index is 12.8. The second kappa shape index (κ2) is 4.66. The van der Waals surface area contributed by atoms with Crippen LogP contribution in [0.3, 0.4) is 0 Å². The maximum Gasteiger partial charge on any atom is 0.208 e. The van der Waals surface area contributed by atoms with Gasteiger partial charge < -0.3 is 0 Å². The Morgan fingerprint density at radius 1 is 1.11 bits per heavy atom. The van der Waals surface area contributed by atoms with Gasteiger partial charge in [0.05, 0.1) is 4.90 Å². The fourth-order valence-corrected chi connectivity index (χ4v) is 2.83. The highest BCUT2D eigenvalue weighted by molar-refractivity contribution is 7.91. The summed E-state index contributed by atoms with van der Waals surface area (Å²) in [6.45, 7) is 0. The first-order valence-corrected chi connectivity index (χ1v) is 6.44. The summed E-state index contributed by atoms with van der Waals surface area (Å²) in [5.41, 5.74) is 0.0225. The molecule has 0 atom stereocenters. The molecule has 0 saturated heterocycles. The number of benzene rings is 1. The predicted molar refractivity (Wildman–Crippen MR) is 61.5 cm³/mol. The third-order valence-corrected chi connectivity index (χ3v) is 4.17. The number of aldehydes is 1. The Kier molecular flexibility index (Phi) is 3.20. The van der Waals surface area contributed by atoms with Gasteiger partial charge in [-0.05, 0) is 30.3 Å². The minimum Gasteiger partial charge on any atom is -0.298 e. The van der Waals surface area contributed by atoms with E-state index in [1.807, 2.05) is 0 Å². The average Bonchev–Trinajstić information content (AvgIpc) is 2.39. The van der Waals surface area contributed by atoms with E-state index in [4.69, 9.17) is 0 Å². The lowest BCUT2D eigenvalue weighted by Gasteiger charge is -2.05. The summed E-state index contributed by atoms with van der Waals surface area (Å²) in [4.78, 5) is 14.2. The number of carbonyl (C=O) groups excluding carboxylic acids is 1. The molecule has 0 aliphatic heterocycles. The summed E-state index contributed by atoms with van der Waals surface area (Å²) in [6, 6.07) is 5.69. The molecule has 0 spiro atoms. The van der Waals surface area contributed by atoms with Crippen LogP contribution >= 0.6 is 0 Å². The van der Waals surface area contributed by atoms with E-state index in [1.54, 1.807) is 0 Å². The summed E-state index contributed by atoms with van der Waals surface area (Å²) in [6.07, 6.45) is 2.87. The molecule has 2 aromatic rings. The lowest BCUT2D eigenvalue weighted by molar-refractivity contribution is 0.112. The van der Waals surface area contributed by atoms with Crippen molar-refractivity contribution < 1.29 is 17.6 Å². The van der Waals surface area contributed by atoms with Crippen LogP contribution in [0.5, 0.6) is 0 Å². The SMILES string of the molecule is O=Cc1ccncc1S(=O)(=O)c1ccc(F)cc1. The highest BCUT2D eigenvalue weighted by atomic mass is 32.2. The van der Waals surface area contributed by atoms with Crippen molar-refractivity contribution in [1.82, 2.24) is 4.98 Å². The van der Waals surface area contributed by atoms with E-state index in [0.29, 0.717) is 6.29 Å². The number of nitrogens with zero attached hydrogens (tertiary/aromatic N) is 1. The first-order chi connectivity index (χ1) is 8.55. The van der Waals surface area contributed by atoms with Gasteiger partial charge in [0.1, 0.15) is 10.7 Å². The molecule has 1 aromatic carbocycles. The largest absolute Gasteiger partial charge is 0.298 e. The van der Waals surface area contributed by atoms with E-state index in [2.05, 4.69) is 4.98 Å². The smallest absolute Gasteiger partial charge is 0.208 e. The molecule has 0 fully saturated rings. The summed E-state index contributed by atoms with van der Waals surface area (Å²) in [7, 11) is -3.86. The topological polar surface area (TPSA) is 64.1 Å². The maximum atomic E-state index is 12.8. The molecule has 1 heterocycles. The standard InChI is InChI=1S/C12H8FNO3S/c13-10-1-3-11(4-2-10)18(16,17)12-7-14-6-5-9(12)8-15/h1-8H. The van der Waals surface area contributed by atoms with Crippen LogP contribution in [0.4, 0.5) is 4.39 Å². The van der Waals surface area contributed by atoms with E-state index in [9.17, 15) is 17.6 Å². The third kappa shape index (κ3) is 2.14. The van der Waals surface area contributed by atoms with Gasteiger partial charge in [0.25, 0.3) is 0 Å². The Morgan fingerprint density at radius 3 is 2.39 bits per heavy atom. The molecule has 1 aromatic heterocycles. The van der Waals surface area contributed by atoms with Gasteiger partial charge in [0, 0.05) is 18.0 Å². The highest BCUT2D eigenvalue weighted by Crippen LogP contribution is 2.22. The van der Waals surface area contributed by atoms with E-state index in [0.717, 1.165) is 30.5 Å². The van der Waals surface area contributed by atoms with Gasteiger partial charge >= 0.3 is 0 Å². The molecule has 18 heavy (non-hydrogen) atoms. The van der Waals surface area contributed by atoms with E-state index in [-0.39, 0.29) is 15.4 Å².